The number of hydrogen-bond acceptors (Lipinski definition) is 7. The standard InChI is InChI=1S/C16H18N3O5P/c17-14-7-8-19(16(20)18-14)15-6-5-12(23-15)10-22-25-21-9-11-3-1-2-4-13(11)24-25/h1-4,7-8,12,15H,5-6,9-10H2,(H2,17,18,20). The zero-order chi connectivity index (χ0) is 17.2. The molecule has 132 valence electrons. The summed E-state index contributed by atoms with van der Waals surface area (Å²) in [6.45, 7) is 0.823. The predicted octanol–water partition coefficient (Wildman–Crippen LogP) is 2.36. The zero-order valence-corrected chi connectivity index (χ0v) is 14.3. The summed E-state index contributed by atoms with van der Waals surface area (Å²) in [4.78, 5) is 15.6. The Bertz CT molecular complexity index is 814. The minimum absolute atomic E-state index is 0.124. The number of rotatable bonds is 4. The quantitative estimate of drug-likeness (QED) is 0.833. The molecule has 1 aromatic heterocycles. The van der Waals surface area contributed by atoms with Gasteiger partial charge in [0.25, 0.3) is 0 Å². The Kier molecular flexibility index (Phi) is 4.67. The first-order chi connectivity index (χ1) is 12.2. The maximum absolute atomic E-state index is 11.9. The lowest BCUT2D eigenvalue weighted by Crippen LogP contribution is -2.27. The first-order valence-corrected chi connectivity index (χ1v) is 9.10. The molecule has 2 N–H and O–H groups in total. The molecule has 0 aliphatic carbocycles. The van der Waals surface area contributed by atoms with Crippen molar-refractivity contribution in [3.8, 4) is 5.75 Å². The van der Waals surface area contributed by atoms with Crippen LogP contribution >= 0.6 is 8.60 Å². The van der Waals surface area contributed by atoms with E-state index in [0.29, 0.717) is 19.6 Å². The summed E-state index contributed by atoms with van der Waals surface area (Å²) in [5.41, 5.74) is 6.11. The van der Waals surface area contributed by atoms with Gasteiger partial charge in [0.15, 0.2) is 0 Å². The summed E-state index contributed by atoms with van der Waals surface area (Å²) in [7, 11) is -1.43. The summed E-state index contributed by atoms with van der Waals surface area (Å²) < 4.78 is 24.4. The van der Waals surface area contributed by atoms with E-state index in [-0.39, 0.29) is 18.1 Å². The maximum atomic E-state index is 11.9. The highest BCUT2D eigenvalue weighted by atomic mass is 31.2. The van der Waals surface area contributed by atoms with Crippen LogP contribution in [0.5, 0.6) is 5.75 Å². The molecule has 3 unspecified atom stereocenters. The van der Waals surface area contributed by atoms with E-state index in [9.17, 15) is 4.79 Å². The number of anilines is 1. The van der Waals surface area contributed by atoms with Gasteiger partial charge in [-0.15, -0.1) is 0 Å². The van der Waals surface area contributed by atoms with E-state index in [1.54, 1.807) is 12.3 Å². The molecule has 1 fully saturated rings. The van der Waals surface area contributed by atoms with Gasteiger partial charge >= 0.3 is 14.3 Å². The van der Waals surface area contributed by atoms with Crippen molar-refractivity contribution < 1.29 is 18.3 Å². The molecule has 3 heterocycles. The number of para-hydroxylation sites is 1. The van der Waals surface area contributed by atoms with Crippen LogP contribution in [0.1, 0.15) is 24.6 Å². The Morgan fingerprint density at radius 2 is 2.20 bits per heavy atom. The molecule has 0 amide bonds. The van der Waals surface area contributed by atoms with Crippen molar-refractivity contribution in [3.05, 3.63) is 52.6 Å². The number of nitrogens with two attached hydrogens (primary N) is 1. The number of ether oxygens (including phenoxy) is 1. The molecule has 9 heteroatoms. The van der Waals surface area contributed by atoms with E-state index < -0.39 is 14.3 Å². The fourth-order valence-electron chi connectivity index (χ4n) is 2.81. The molecule has 2 aliphatic rings. The van der Waals surface area contributed by atoms with Gasteiger partial charge in [-0.2, -0.15) is 4.98 Å². The van der Waals surface area contributed by atoms with Crippen LogP contribution in [0.4, 0.5) is 5.82 Å². The minimum Gasteiger partial charge on any atom is -0.426 e. The summed E-state index contributed by atoms with van der Waals surface area (Å²) in [6, 6.07) is 9.31. The molecule has 4 rings (SSSR count). The number of fused-ring (bicyclic) bond motifs is 1. The molecule has 8 nitrogen and oxygen atoms in total. The number of nitrogens with zero attached hydrogens (tertiary/aromatic N) is 2. The maximum Gasteiger partial charge on any atom is 0.397 e. The molecular formula is C16H18N3O5P. The second kappa shape index (κ2) is 7.09. The number of aromatic nitrogens is 2. The average molecular weight is 363 g/mol. The van der Waals surface area contributed by atoms with Crippen LogP contribution in [0.25, 0.3) is 0 Å². The monoisotopic (exact) mass is 363 g/mol. The van der Waals surface area contributed by atoms with Crippen molar-refractivity contribution in [1.29, 1.82) is 0 Å². The third-order valence-corrected chi connectivity index (χ3v) is 5.13. The molecule has 25 heavy (non-hydrogen) atoms. The third-order valence-electron chi connectivity index (χ3n) is 4.08. The van der Waals surface area contributed by atoms with Crippen molar-refractivity contribution in [2.75, 3.05) is 12.3 Å². The van der Waals surface area contributed by atoms with Crippen LogP contribution < -0.4 is 15.9 Å². The summed E-state index contributed by atoms with van der Waals surface area (Å²) in [5.74, 6) is 0.999. The van der Waals surface area contributed by atoms with Crippen LogP contribution in [-0.2, 0) is 20.4 Å². The third kappa shape index (κ3) is 3.67. The summed E-state index contributed by atoms with van der Waals surface area (Å²) in [6.07, 6.45) is 2.62. The first kappa shape index (κ1) is 16.5. The molecule has 1 saturated heterocycles. The SMILES string of the molecule is Nc1ccn(C2CCC(COP3OCc4ccccc4O3)O2)c(=O)n1. The summed E-state index contributed by atoms with van der Waals surface area (Å²) in [5, 5.41) is 0. The Balaban J connectivity index is 1.31. The lowest BCUT2D eigenvalue weighted by molar-refractivity contribution is -0.0228. The minimum atomic E-state index is -1.43. The van der Waals surface area contributed by atoms with Crippen LogP contribution in [-0.4, -0.2) is 22.3 Å². The van der Waals surface area contributed by atoms with Crippen molar-refractivity contribution in [2.24, 2.45) is 0 Å². The van der Waals surface area contributed by atoms with E-state index in [2.05, 4.69) is 4.98 Å². The molecule has 1 aromatic carbocycles. The Morgan fingerprint density at radius 1 is 1.32 bits per heavy atom. The van der Waals surface area contributed by atoms with Crippen LogP contribution in [0.15, 0.2) is 41.3 Å². The van der Waals surface area contributed by atoms with Gasteiger partial charge in [-0.3, -0.25) is 13.6 Å². The molecule has 0 radical (unpaired) electrons. The average Bonchev–Trinajstić information content (AvgIpc) is 3.08. The van der Waals surface area contributed by atoms with Gasteiger partial charge in [-0.1, -0.05) is 18.2 Å². The lowest BCUT2D eigenvalue weighted by atomic mass is 10.2. The smallest absolute Gasteiger partial charge is 0.397 e. The van der Waals surface area contributed by atoms with Gasteiger partial charge < -0.3 is 15.0 Å². The molecule has 2 aliphatic heterocycles. The van der Waals surface area contributed by atoms with Crippen molar-refractivity contribution in [1.82, 2.24) is 9.55 Å². The Morgan fingerprint density at radius 3 is 3.08 bits per heavy atom. The van der Waals surface area contributed by atoms with Crippen molar-refractivity contribution in [3.63, 3.8) is 0 Å². The highest BCUT2D eigenvalue weighted by Crippen LogP contribution is 2.47. The highest BCUT2D eigenvalue weighted by molar-refractivity contribution is 7.42. The number of hydrogen-bond donors (Lipinski definition) is 1. The Hall–Kier alpha value is -1.99. The zero-order valence-electron chi connectivity index (χ0n) is 13.4. The van der Waals surface area contributed by atoms with Gasteiger partial charge in [0, 0.05) is 11.8 Å². The van der Waals surface area contributed by atoms with E-state index in [1.807, 2.05) is 24.3 Å². The van der Waals surface area contributed by atoms with Gasteiger partial charge in [0.1, 0.15) is 17.8 Å². The van der Waals surface area contributed by atoms with E-state index in [1.165, 1.54) is 4.57 Å². The molecule has 0 saturated carbocycles. The second-order valence-corrected chi connectivity index (χ2v) is 6.97. The van der Waals surface area contributed by atoms with Gasteiger partial charge in [0.2, 0.25) is 0 Å². The fraction of sp³-hybridized carbons (Fsp3) is 0.375. The Labute approximate surface area is 145 Å². The van der Waals surface area contributed by atoms with Gasteiger partial charge in [-0.05, 0) is 25.0 Å². The largest absolute Gasteiger partial charge is 0.426 e. The molecule has 2 aromatic rings. The van der Waals surface area contributed by atoms with Crippen molar-refractivity contribution >= 4 is 14.4 Å². The van der Waals surface area contributed by atoms with Crippen LogP contribution in [0.2, 0.25) is 0 Å². The topological polar surface area (TPSA) is 97.8 Å². The molecule has 3 atom stereocenters. The normalized spacial score (nSPS) is 25.4. The lowest BCUT2D eigenvalue weighted by Gasteiger charge is -2.24. The van der Waals surface area contributed by atoms with Gasteiger partial charge in [0.05, 0.1) is 19.3 Å². The number of nitrogen functional groups attached to an aromatic ring is 1. The molecular weight excluding hydrogens is 345 g/mol. The van der Waals surface area contributed by atoms with E-state index in [4.69, 9.17) is 24.0 Å². The van der Waals surface area contributed by atoms with Crippen molar-refractivity contribution in [2.45, 2.75) is 31.8 Å². The van der Waals surface area contributed by atoms with Crippen LogP contribution in [0.3, 0.4) is 0 Å². The fourth-order valence-corrected chi connectivity index (χ4v) is 3.86. The molecule has 0 spiro atoms. The first-order valence-electron chi connectivity index (χ1n) is 8.01. The second-order valence-electron chi connectivity index (χ2n) is 5.82. The van der Waals surface area contributed by atoms with Crippen LogP contribution in [0, 0.1) is 0 Å². The number of benzene rings is 1. The van der Waals surface area contributed by atoms with E-state index in [0.717, 1.165) is 17.7 Å². The molecule has 0 bridgehead atoms. The van der Waals surface area contributed by atoms with E-state index >= 15 is 0 Å². The van der Waals surface area contributed by atoms with Gasteiger partial charge in [-0.25, -0.2) is 4.79 Å². The predicted molar refractivity (Wildman–Crippen MR) is 90.8 cm³/mol. The highest BCUT2D eigenvalue weighted by Gasteiger charge is 2.30. The summed E-state index contributed by atoms with van der Waals surface area (Å²) >= 11 is 0.